The van der Waals surface area contributed by atoms with E-state index < -0.39 is 0 Å². The van der Waals surface area contributed by atoms with E-state index >= 15 is 0 Å². The second kappa shape index (κ2) is 12.0. The lowest BCUT2D eigenvalue weighted by Gasteiger charge is -2.11. The molecule has 0 saturated heterocycles. The Hall–Kier alpha value is -4.41. The number of aromatic nitrogens is 4. The van der Waals surface area contributed by atoms with Crippen molar-refractivity contribution in [3.8, 4) is 22.1 Å². The molecule has 0 aliphatic heterocycles. The van der Waals surface area contributed by atoms with Gasteiger partial charge >= 0.3 is 0 Å². The Balaban J connectivity index is 1.27. The number of pyridine rings is 1. The van der Waals surface area contributed by atoms with E-state index in [1.165, 1.54) is 18.3 Å². The van der Waals surface area contributed by atoms with Crippen LogP contribution in [0.1, 0.15) is 23.7 Å². The molecule has 1 amide bonds. The van der Waals surface area contributed by atoms with Gasteiger partial charge in [0.15, 0.2) is 5.82 Å². The van der Waals surface area contributed by atoms with Gasteiger partial charge in [-0.2, -0.15) is 0 Å². The maximum absolute atomic E-state index is 11.0. The summed E-state index contributed by atoms with van der Waals surface area (Å²) in [6.45, 7) is 7.52. The van der Waals surface area contributed by atoms with E-state index in [-0.39, 0.29) is 5.91 Å². The minimum atomic E-state index is -0.0190. The fourth-order valence-corrected chi connectivity index (χ4v) is 4.83. The van der Waals surface area contributed by atoms with Crippen LogP contribution in [-0.2, 0) is 11.3 Å². The fourth-order valence-electron chi connectivity index (χ4n) is 3.91. The number of rotatable bonds is 10. The standard InChI is InChI=1S/C29H29N7O2S/c1-18-14-23(9-11-25(18)38-24-10-4-19(2)32-16-24)35-27-26-29(34-17-33-27)39-28(36-26)22-7-5-21(6-8-22)15-30-12-13-31-20(3)37/h4-11,14,16-17,30H,12-13,15H2,1-3H3,(H,31,37)(H,33,34,35). The third kappa shape index (κ3) is 6.73. The van der Waals surface area contributed by atoms with Crippen molar-refractivity contribution < 1.29 is 9.53 Å². The van der Waals surface area contributed by atoms with Crippen LogP contribution in [0.15, 0.2) is 67.1 Å². The molecule has 3 heterocycles. The molecule has 0 aliphatic rings. The second-order valence-corrected chi connectivity index (χ2v) is 10.1. The van der Waals surface area contributed by atoms with Crippen LogP contribution in [0.3, 0.4) is 0 Å². The van der Waals surface area contributed by atoms with Crippen molar-refractivity contribution >= 4 is 39.1 Å². The Bertz CT molecular complexity index is 1580. The number of anilines is 2. The van der Waals surface area contributed by atoms with Crippen molar-refractivity contribution in [2.24, 2.45) is 0 Å². The predicted molar refractivity (Wildman–Crippen MR) is 155 cm³/mol. The molecule has 0 unspecified atom stereocenters. The van der Waals surface area contributed by atoms with Crippen LogP contribution < -0.4 is 20.7 Å². The summed E-state index contributed by atoms with van der Waals surface area (Å²) in [6, 6.07) is 18.0. The van der Waals surface area contributed by atoms with Crippen molar-refractivity contribution in [1.82, 2.24) is 30.6 Å². The van der Waals surface area contributed by atoms with Crippen molar-refractivity contribution in [2.75, 3.05) is 18.4 Å². The molecule has 5 aromatic rings. The van der Waals surface area contributed by atoms with E-state index in [2.05, 4.69) is 55.2 Å². The first-order valence-electron chi connectivity index (χ1n) is 12.6. The summed E-state index contributed by atoms with van der Waals surface area (Å²) in [4.78, 5) is 29.8. The highest BCUT2D eigenvalue weighted by Gasteiger charge is 2.13. The number of aryl methyl sites for hydroxylation is 2. The Morgan fingerprint density at radius 2 is 1.82 bits per heavy atom. The summed E-state index contributed by atoms with van der Waals surface area (Å²) >= 11 is 1.53. The van der Waals surface area contributed by atoms with Crippen LogP contribution in [-0.4, -0.2) is 38.9 Å². The van der Waals surface area contributed by atoms with E-state index in [4.69, 9.17) is 9.72 Å². The molecule has 0 atom stereocenters. The number of thiazole rings is 1. The summed E-state index contributed by atoms with van der Waals surface area (Å²) in [7, 11) is 0. The van der Waals surface area contributed by atoms with Crippen LogP contribution in [0.2, 0.25) is 0 Å². The molecule has 39 heavy (non-hydrogen) atoms. The van der Waals surface area contributed by atoms with Crippen LogP contribution in [0, 0.1) is 13.8 Å². The molecule has 0 bridgehead atoms. The molecule has 0 aliphatic carbocycles. The molecule has 0 fully saturated rings. The molecule has 0 spiro atoms. The van der Waals surface area contributed by atoms with Gasteiger partial charge in [-0.05, 0) is 55.3 Å². The molecule has 2 aromatic carbocycles. The van der Waals surface area contributed by atoms with Crippen LogP contribution in [0.5, 0.6) is 11.5 Å². The normalized spacial score (nSPS) is 10.9. The summed E-state index contributed by atoms with van der Waals surface area (Å²) < 4.78 is 6.00. The van der Waals surface area contributed by atoms with Gasteiger partial charge in [-0.15, -0.1) is 0 Å². The lowest BCUT2D eigenvalue weighted by Crippen LogP contribution is -2.29. The quantitative estimate of drug-likeness (QED) is 0.199. The maximum Gasteiger partial charge on any atom is 0.216 e. The molecule has 3 N–H and O–H groups in total. The minimum Gasteiger partial charge on any atom is -0.455 e. The smallest absolute Gasteiger partial charge is 0.216 e. The highest BCUT2D eigenvalue weighted by Crippen LogP contribution is 2.34. The maximum atomic E-state index is 11.0. The minimum absolute atomic E-state index is 0.0190. The summed E-state index contributed by atoms with van der Waals surface area (Å²) in [5.74, 6) is 2.09. The fraction of sp³-hybridized carbons (Fsp3) is 0.207. The highest BCUT2D eigenvalue weighted by atomic mass is 32.1. The average molecular weight is 540 g/mol. The van der Waals surface area contributed by atoms with Gasteiger partial charge in [-0.1, -0.05) is 35.6 Å². The zero-order chi connectivity index (χ0) is 27.2. The van der Waals surface area contributed by atoms with Gasteiger partial charge in [0.1, 0.15) is 33.2 Å². The number of carbonyl (C=O) groups is 1. The lowest BCUT2D eigenvalue weighted by molar-refractivity contribution is -0.118. The second-order valence-electron chi connectivity index (χ2n) is 9.09. The van der Waals surface area contributed by atoms with E-state index in [0.717, 1.165) is 55.7 Å². The lowest BCUT2D eigenvalue weighted by atomic mass is 10.1. The highest BCUT2D eigenvalue weighted by molar-refractivity contribution is 7.21. The molecule has 3 aromatic heterocycles. The Morgan fingerprint density at radius 1 is 0.974 bits per heavy atom. The van der Waals surface area contributed by atoms with Gasteiger partial charge < -0.3 is 20.7 Å². The third-order valence-corrected chi connectivity index (χ3v) is 6.96. The Morgan fingerprint density at radius 3 is 2.56 bits per heavy atom. The Kier molecular flexibility index (Phi) is 8.04. The zero-order valence-electron chi connectivity index (χ0n) is 22.0. The molecule has 9 nitrogen and oxygen atoms in total. The molecular formula is C29H29N7O2S. The predicted octanol–water partition coefficient (Wildman–Crippen LogP) is 5.53. The average Bonchev–Trinajstić information content (AvgIpc) is 3.37. The van der Waals surface area contributed by atoms with Crippen LogP contribution in [0.4, 0.5) is 11.5 Å². The molecule has 0 radical (unpaired) electrons. The van der Waals surface area contributed by atoms with Gasteiger partial charge in [-0.3, -0.25) is 9.78 Å². The first kappa shape index (κ1) is 26.2. The van der Waals surface area contributed by atoms with Gasteiger partial charge in [0, 0.05) is 43.5 Å². The van der Waals surface area contributed by atoms with Crippen LogP contribution in [0.25, 0.3) is 20.9 Å². The summed E-state index contributed by atoms with van der Waals surface area (Å²) in [5.41, 5.74) is 5.72. The van der Waals surface area contributed by atoms with Gasteiger partial charge in [0.25, 0.3) is 0 Å². The van der Waals surface area contributed by atoms with Gasteiger partial charge in [-0.25, -0.2) is 15.0 Å². The van der Waals surface area contributed by atoms with E-state index in [1.54, 1.807) is 12.5 Å². The monoisotopic (exact) mass is 539 g/mol. The number of nitrogens with one attached hydrogen (secondary N) is 3. The van der Waals surface area contributed by atoms with E-state index in [0.29, 0.717) is 24.7 Å². The SMILES string of the molecule is CC(=O)NCCNCc1ccc(-c2nc3c(Nc4ccc(Oc5ccc(C)nc5)c(C)c4)ncnc3s2)cc1. The largest absolute Gasteiger partial charge is 0.455 e. The number of benzene rings is 2. The van der Waals surface area contributed by atoms with Crippen molar-refractivity contribution in [3.63, 3.8) is 0 Å². The van der Waals surface area contributed by atoms with E-state index in [1.807, 2.05) is 44.2 Å². The molecule has 5 rings (SSSR count). The van der Waals surface area contributed by atoms with Crippen molar-refractivity contribution in [3.05, 3.63) is 83.9 Å². The number of nitrogens with zero attached hydrogens (tertiary/aromatic N) is 4. The third-order valence-electron chi connectivity index (χ3n) is 5.95. The first-order chi connectivity index (χ1) is 18.9. The number of ether oxygens (including phenoxy) is 1. The zero-order valence-corrected chi connectivity index (χ0v) is 22.8. The number of hydrogen-bond acceptors (Lipinski definition) is 9. The molecule has 0 saturated carbocycles. The molecular weight excluding hydrogens is 510 g/mol. The Labute approximate surface area is 230 Å². The first-order valence-corrected chi connectivity index (χ1v) is 13.4. The number of carbonyl (C=O) groups excluding carboxylic acids is 1. The van der Waals surface area contributed by atoms with Gasteiger partial charge in [0.05, 0.1) is 6.20 Å². The van der Waals surface area contributed by atoms with Crippen molar-refractivity contribution in [2.45, 2.75) is 27.3 Å². The number of amides is 1. The van der Waals surface area contributed by atoms with Gasteiger partial charge in [0.2, 0.25) is 5.91 Å². The van der Waals surface area contributed by atoms with Crippen LogP contribution >= 0.6 is 11.3 Å². The molecule has 198 valence electrons. The topological polar surface area (TPSA) is 114 Å². The number of fused-ring (bicyclic) bond motifs is 1. The molecule has 10 heteroatoms. The summed E-state index contributed by atoms with van der Waals surface area (Å²) in [6.07, 6.45) is 3.27. The number of hydrogen-bond donors (Lipinski definition) is 3. The van der Waals surface area contributed by atoms with E-state index in [9.17, 15) is 4.79 Å². The van der Waals surface area contributed by atoms with Crippen molar-refractivity contribution in [1.29, 1.82) is 0 Å². The summed E-state index contributed by atoms with van der Waals surface area (Å²) in [5, 5.41) is 10.4.